The van der Waals surface area contributed by atoms with Gasteiger partial charge in [0.2, 0.25) is 0 Å². The Morgan fingerprint density at radius 3 is 2.67 bits per heavy atom. The summed E-state index contributed by atoms with van der Waals surface area (Å²) in [5, 5.41) is 0.0838. The number of alkyl halides is 2. The number of rotatable bonds is 3. The average molecular weight is 297 g/mol. The van der Waals surface area contributed by atoms with Crippen LogP contribution < -0.4 is 5.56 Å². The molecule has 9 heteroatoms. The summed E-state index contributed by atoms with van der Waals surface area (Å²) in [5.74, 6) is 0. The minimum Gasteiger partial charge on any atom is -0.355 e. The van der Waals surface area contributed by atoms with Crippen LogP contribution >= 0.6 is 10.7 Å². The van der Waals surface area contributed by atoms with Gasteiger partial charge in [0.15, 0.2) is 0 Å². The van der Waals surface area contributed by atoms with Crippen LogP contribution in [0.3, 0.4) is 0 Å². The largest absolute Gasteiger partial charge is 0.355 e. The highest BCUT2D eigenvalue weighted by Crippen LogP contribution is 2.23. The lowest BCUT2D eigenvalue weighted by atomic mass is 10.3. The molecule has 2 rings (SSSR count). The van der Waals surface area contributed by atoms with Gasteiger partial charge in [0, 0.05) is 28.5 Å². The molecule has 0 unspecified atom stereocenters. The Morgan fingerprint density at radius 2 is 2.11 bits per heavy atom. The van der Waals surface area contributed by atoms with E-state index in [1.807, 2.05) is 0 Å². The van der Waals surface area contributed by atoms with E-state index in [-0.39, 0.29) is 15.8 Å². The molecule has 18 heavy (non-hydrogen) atoms. The Balaban J connectivity index is 2.69. The first-order chi connectivity index (χ1) is 8.30. The lowest BCUT2D eigenvalue weighted by molar-refractivity contribution is 0.125. The molecule has 0 bridgehead atoms. The second-order valence-corrected chi connectivity index (χ2v) is 6.08. The summed E-state index contributed by atoms with van der Waals surface area (Å²) >= 11 is 0. The highest BCUT2D eigenvalue weighted by atomic mass is 35.7. The highest BCUT2D eigenvalue weighted by Gasteiger charge is 2.18. The molecule has 0 amide bonds. The van der Waals surface area contributed by atoms with E-state index < -0.39 is 27.6 Å². The smallest absolute Gasteiger partial charge is 0.275 e. The van der Waals surface area contributed by atoms with Crippen molar-refractivity contribution in [3.05, 3.63) is 28.8 Å². The van der Waals surface area contributed by atoms with E-state index in [4.69, 9.17) is 10.7 Å². The molecule has 1 N–H and O–H groups in total. The van der Waals surface area contributed by atoms with Crippen LogP contribution in [0.25, 0.3) is 10.9 Å². The van der Waals surface area contributed by atoms with Crippen molar-refractivity contribution in [2.75, 3.05) is 0 Å². The topological polar surface area (TPSA) is 71.9 Å². The third kappa shape index (κ3) is 2.25. The molecule has 0 fully saturated rings. The van der Waals surface area contributed by atoms with E-state index in [1.54, 1.807) is 0 Å². The second-order valence-electron chi connectivity index (χ2n) is 3.54. The normalized spacial score (nSPS) is 12.4. The van der Waals surface area contributed by atoms with Crippen LogP contribution in [0.1, 0.15) is 0 Å². The predicted octanol–water partition coefficient (Wildman–Crippen LogP) is 1.52. The van der Waals surface area contributed by atoms with Crippen molar-refractivity contribution < 1.29 is 17.2 Å². The van der Waals surface area contributed by atoms with Gasteiger partial charge in [-0.3, -0.25) is 4.79 Å². The van der Waals surface area contributed by atoms with E-state index in [1.165, 1.54) is 6.07 Å². The fraction of sp³-hybridized carbons (Fsp3) is 0.222. The number of fused-ring (bicyclic) bond motifs is 1. The van der Waals surface area contributed by atoms with E-state index in [9.17, 15) is 22.0 Å². The highest BCUT2D eigenvalue weighted by molar-refractivity contribution is 8.14. The van der Waals surface area contributed by atoms with Gasteiger partial charge in [-0.15, -0.1) is 0 Å². The van der Waals surface area contributed by atoms with Gasteiger partial charge in [-0.2, -0.15) is 0 Å². The van der Waals surface area contributed by atoms with Crippen molar-refractivity contribution in [3.63, 3.8) is 0 Å². The van der Waals surface area contributed by atoms with Crippen LogP contribution in [-0.2, 0) is 15.6 Å². The van der Waals surface area contributed by atoms with Gasteiger partial charge in [-0.1, -0.05) is 0 Å². The molecular formula is C9H7ClF2N2O3S. The van der Waals surface area contributed by atoms with Gasteiger partial charge < -0.3 is 9.55 Å². The molecule has 0 aliphatic heterocycles. The first-order valence-electron chi connectivity index (χ1n) is 4.74. The Labute approximate surface area is 104 Å². The first-order valence-corrected chi connectivity index (χ1v) is 7.05. The fourth-order valence-electron chi connectivity index (χ4n) is 1.63. The quantitative estimate of drug-likeness (QED) is 0.873. The zero-order valence-electron chi connectivity index (χ0n) is 8.73. The predicted molar refractivity (Wildman–Crippen MR) is 61.6 cm³/mol. The van der Waals surface area contributed by atoms with Gasteiger partial charge >= 0.3 is 0 Å². The molecule has 0 spiro atoms. The molecule has 0 saturated heterocycles. The number of halogens is 3. The van der Waals surface area contributed by atoms with Gasteiger partial charge in [0.05, 0.1) is 6.54 Å². The Morgan fingerprint density at radius 1 is 1.44 bits per heavy atom. The molecule has 2 aromatic heterocycles. The van der Waals surface area contributed by atoms with E-state index in [0.29, 0.717) is 0 Å². The zero-order chi connectivity index (χ0) is 13.5. The number of aromatic amines is 1. The van der Waals surface area contributed by atoms with Crippen molar-refractivity contribution in [2.24, 2.45) is 0 Å². The van der Waals surface area contributed by atoms with Crippen LogP contribution in [0.5, 0.6) is 0 Å². The SMILES string of the molecule is O=c1c2[nH]cc(S(=O)(=O)Cl)c2ccn1CC(F)F. The summed E-state index contributed by atoms with van der Waals surface area (Å²) < 4.78 is 47.6. The summed E-state index contributed by atoms with van der Waals surface area (Å²) in [4.78, 5) is 13.9. The minimum atomic E-state index is -3.99. The lowest BCUT2D eigenvalue weighted by Crippen LogP contribution is -2.22. The number of aromatic nitrogens is 2. The van der Waals surface area contributed by atoms with Crippen molar-refractivity contribution in [3.8, 4) is 0 Å². The Kier molecular flexibility index (Phi) is 3.16. The van der Waals surface area contributed by atoms with E-state index >= 15 is 0 Å². The molecule has 0 aliphatic rings. The number of pyridine rings is 1. The molecule has 2 heterocycles. The first kappa shape index (κ1) is 13.0. The van der Waals surface area contributed by atoms with Crippen molar-refractivity contribution in [1.29, 1.82) is 0 Å². The van der Waals surface area contributed by atoms with Crippen molar-refractivity contribution >= 4 is 30.6 Å². The second kappa shape index (κ2) is 4.36. The number of hydrogen-bond acceptors (Lipinski definition) is 3. The molecule has 98 valence electrons. The van der Waals surface area contributed by atoms with Crippen molar-refractivity contribution in [2.45, 2.75) is 17.9 Å². The fourth-order valence-corrected chi connectivity index (χ4v) is 2.64. The standard InChI is InChI=1S/C9H7ClF2N2O3S/c10-18(16,17)6-3-13-8-5(6)1-2-14(9(8)15)4-7(11)12/h1-3,7,13H,4H2. The number of H-pyrrole nitrogens is 1. The molecule has 0 radical (unpaired) electrons. The van der Waals surface area contributed by atoms with Gasteiger partial charge in [0.25, 0.3) is 21.0 Å². The zero-order valence-corrected chi connectivity index (χ0v) is 10.3. The van der Waals surface area contributed by atoms with E-state index in [0.717, 1.165) is 17.0 Å². The Bertz CT molecular complexity index is 751. The molecule has 5 nitrogen and oxygen atoms in total. The maximum Gasteiger partial charge on any atom is 0.275 e. The van der Waals surface area contributed by atoms with Gasteiger partial charge in [0.1, 0.15) is 10.4 Å². The summed E-state index contributed by atoms with van der Waals surface area (Å²) in [5.41, 5.74) is -0.795. The third-order valence-corrected chi connectivity index (χ3v) is 3.74. The summed E-state index contributed by atoms with van der Waals surface area (Å²) in [6.07, 6.45) is -0.511. The molecule has 0 aliphatic carbocycles. The maximum absolute atomic E-state index is 12.2. The number of hydrogen-bond donors (Lipinski definition) is 1. The molecular weight excluding hydrogens is 290 g/mol. The van der Waals surface area contributed by atoms with Gasteiger partial charge in [-0.25, -0.2) is 17.2 Å². The van der Waals surface area contributed by atoms with Gasteiger partial charge in [-0.05, 0) is 6.07 Å². The minimum absolute atomic E-state index is 0.0719. The lowest BCUT2D eigenvalue weighted by Gasteiger charge is -2.04. The molecule has 2 aromatic rings. The van der Waals surface area contributed by atoms with Crippen LogP contribution in [0.2, 0.25) is 0 Å². The molecule has 0 saturated carbocycles. The number of nitrogens with one attached hydrogen (secondary N) is 1. The molecule has 0 atom stereocenters. The van der Waals surface area contributed by atoms with Crippen LogP contribution in [-0.4, -0.2) is 24.4 Å². The van der Waals surface area contributed by atoms with Crippen molar-refractivity contribution in [1.82, 2.24) is 9.55 Å². The monoisotopic (exact) mass is 296 g/mol. The maximum atomic E-state index is 12.2. The summed E-state index contributed by atoms with van der Waals surface area (Å²) in [6.45, 7) is -0.753. The van der Waals surface area contributed by atoms with Crippen LogP contribution in [0.15, 0.2) is 28.2 Å². The third-order valence-electron chi connectivity index (χ3n) is 2.38. The summed E-state index contributed by atoms with van der Waals surface area (Å²) in [7, 11) is 1.18. The molecule has 0 aromatic carbocycles. The van der Waals surface area contributed by atoms with E-state index in [2.05, 4.69) is 4.98 Å². The number of nitrogens with zero attached hydrogens (tertiary/aromatic N) is 1. The van der Waals surface area contributed by atoms with Crippen LogP contribution in [0, 0.1) is 0 Å². The average Bonchev–Trinajstić information content (AvgIpc) is 2.65. The summed E-state index contributed by atoms with van der Waals surface area (Å²) in [6, 6.07) is 1.25. The Hall–Kier alpha value is -1.41. The van der Waals surface area contributed by atoms with Crippen LogP contribution in [0.4, 0.5) is 8.78 Å².